The molecule has 2 aliphatic heterocycles. The van der Waals surface area contributed by atoms with Gasteiger partial charge in [-0.25, -0.2) is 4.98 Å². The van der Waals surface area contributed by atoms with Crippen LogP contribution in [0.4, 0.5) is 5.82 Å². The maximum absolute atomic E-state index is 11.8. The molecule has 0 radical (unpaired) electrons. The SMILES string of the molecule is Cc1cc(C)c(C(N)=O)c(N2CC3CCCNC3C2)n1. The van der Waals surface area contributed by atoms with Gasteiger partial charge in [-0.15, -0.1) is 0 Å². The van der Waals surface area contributed by atoms with Crippen LogP contribution >= 0.6 is 0 Å². The maximum Gasteiger partial charge on any atom is 0.252 e. The number of nitrogens with zero attached hydrogens (tertiary/aromatic N) is 2. The number of fused-ring (bicyclic) bond motifs is 1. The molecule has 108 valence electrons. The molecule has 5 heteroatoms. The first-order valence-electron chi connectivity index (χ1n) is 7.32. The van der Waals surface area contributed by atoms with Crippen molar-refractivity contribution in [1.82, 2.24) is 10.3 Å². The van der Waals surface area contributed by atoms with E-state index in [0.717, 1.165) is 36.7 Å². The third kappa shape index (κ3) is 2.26. The molecule has 5 nitrogen and oxygen atoms in total. The van der Waals surface area contributed by atoms with Gasteiger partial charge < -0.3 is 16.0 Å². The summed E-state index contributed by atoms with van der Waals surface area (Å²) < 4.78 is 0. The number of aryl methyl sites for hydroxylation is 2. The van der Waals surface area contributed by atoms with E-state index in [4.69, 9.17) is 5.73 Å². The molecule has 3 rings (SSSR count). The van der Waals surface area contributed by atoms with E-state index in [0.29, 0.717) is 17.5 Å². The summed E-state index contributed by atoms with van der Waals surface area (Å²) in [5.74, 6) is 1.05. The molecule has 0 saturated carbocycles. The van der Waals surface area contributed by atoms with E-state index in [1.165, 1.54) is 12.8 Å². The van der Waals surface area contributed by atoms with Crippen molar-refractivity contribution in [2.75, 3.05) is 24.5 Å². The molecule has 0 spiro atoms. The molecule has 0 bridgehead atoms. The van der Waals surface area contributed by atoms with Gasteiger partial charge in [0.1, 0.15) is 5.82 Å². The predicted octanol–water partition coefficient (Wildman–Crippen LogP) is 0.986. The number of carbonyl (C=O) groups is 1. The lowest BCUT2D eigenvalue weighted by molar-refractivity contribution is 0.1000. The van der Waals surface area contributed by atoms with Crippen LogP contribution in [0.15, 0.2) is 6.07 Å². The number of hydrogen-bond donors (Lipinski definition) is 2. The Bertz CT molecular complexity index is 529. The van der Waals surface area contributed by atoms with E-state index in [1.807, 2.05) is 19.9 Å². The first-order chi connectivity index (χ1) is 9.56. The molecule has 0 aromatic carbocycles. The number of carbonyl (C=O) groups excluding carboxylic acids is 1. The summed E-state index contributed by atoms with van der Waals surface area (Å²) in [5.41, 5.74) is 7.99. The van der Waals surface area contributed by atoms with Gasteiger partial charge in [-0.1, -0.05) is 0 Å². The Hall–Kier alpha value is -1.62. The number of rotatable bonds is 2. The number of hydrogen-bond acceptors (Lipinski definition) is 4. The fourth-order valence-electron chi connectivity index (χ4n) is 3.57. The second kappa shape index (κ2) is 5.05. The molecule has 0 aliphatic carbocycles. The van der Waals surface area contributed by atoms with Crippen LogP contribution in [-0.2, 0) is 0 Å². The molecule has 2 unspecified atom stereocenters. The van der Waals surface area contributed by atoms with Crippen molar-refractivity contribution in [3.8, 4) is 0 Å². The number of primary amides is 1. The molecule has 2 fully saturated rings. The topological polar surface area (TPSA) is 71.2 Å². The van der Waals surface area contributed by atoms with E-state index in [-0.39, 0.29) is 5.91 Å². The maximum atomic E-state index is 11.8. The van der Waals surface area contributed by atoms with Crippen molar-refractivity contribution in [3.63, 3.8) is 0 Å². The van der Waals surface area contributed by atoms with Gasteiger partial charge in [-0.3, -0.25) is 4.79 Å². The summed E-state index contributed by atoms with van der Waals surface area (Å²) in [7, 11) is 0. The molecule has 2 aliphatic rings. The Kier molecular flexibility index (Phi) is 3.38. The molecule has 3 N–H and O–H groups in total. The van der Waals surface area contributed by atoms with Gasteiger partial charge >= 0.3 is 0 Å². The third-order valence-electron chi connectivity index (χ3n) is 4.47. The quantitative estimate of drug-likeness (QED) is 0.843. The van der Waals surface area contributed by atoms with Crippen molar-refractivity contribution in [1.29, 1.82) is 0 Å². The van der Waals surface area contributed by atoms with Crippen molar-refractivity contribution >= 4 is 11.7 Å². The highest BCUT2D eigenvalue weighted by Gasteiger charge is 2.36. The molecule has 1 amide bonds. The third-order valence-corrected chi connectivity index (χ3v) is 4.47. The minimum atomic E-state index is -0.382. The fourth-order valence-corrected chi connectivity index (χ4v) is 3.57. The highest BCUT2D eigenvalue weighted by Crippen LogP contribution is 2.31. The number of amides is 1. The zero-order chi connectivity index (χ0) is 14.3. The number of nitrogens with two attached hydrogens (primary N) is 1. The fraction of sp³-hybridized carbons (Fsp3) is 0.600. The van der Waals surface area contributed by atoms with Crippen LogP contribution in [0.3, 0.4) is 0 Å². The summed E-state index contributed by atoms with van der Waals surface area (Å²) in [6.45, 7) is 6.87. The highest BCUT2D eigenvalue weighted by molar-refractivity contribution is 5.99. The molecule has 20 heavy (non-hydrogen) atoms. The van der Waals surface area contributed by atoms with Gasteiger partial charge in [0, 0.05) is 24.8 Å². The average molecular weight is 274 g/mol. The minimum absolute atomic E-state index is 0.382. The number of pyridine rings is 1. The van der Waals surface area contributed by atoms with Crippen LogP contribution in [0, 0.1) is 19.8 Å². The van der Waals surface area contributed by atoms with Gasteiger partial charge in [0.2, 0.25) is 0 Å². The lowest BCUT2D eigenvalue weighted by Crippen LogP contribution is -2.40. The standard InChI is InChI=1S/C15H22N4O/c1-9-6-10(2)18-15(13(9)14(16)20)19-7-11-4-3-5-17-12(11)8-19/h6,11-12,17H,3-5,7-8H2,1-2H3,(H2,16,20). The number of anilines is 1. The van der Waals surface area contributed by atoms with E-state index < -0.39 is 0 Å². The number of nitrogens with one attached hydrogen (secondary N) is 1. The molecule has 2 atom stereocenters. The second-order valence-corrected chi connectivity index (χ2v) is 6.01. The van der Waals surface area contributed by atoms with Crippen LogP contribution in [0.5, 0.6) is 0 Å². The van der Waals surface area contributed by atoms with Crippen LogP contribution in [-0.4, -0.2) is 36.6 Å². The van der Waals surface area contributed by atoms with Gasteiger partial charge in [-0.2, -0.15) is 0 Å². The lowest BCUT2D eigenvalue weighted by Gasteiger charge is -2.24. The molecule has 3 heterocycles. The van der Waals surface area contributed by atoms with Gasteiger partial charge in [0.25, 0.3) is 5.91 Å². The lowest BCUT2D eigenvalue weighted by atomic mass is 9.94. The normalized spacial score (nSPS) is 25.6. The first-order valence-corrected chi connectivity index (χ1v) is 7.32. The summed E-state index contributed by atoms with van der Waals surface area (Å²) in [5, 5.41) is 3.57. The van der Waals surface area contributed by atoms with Crippen LogP contribution in [0.25, 0.3) is 0 Å². The van der Waals surface area contributed by atoms with Gasteiger partial charge in [-0.05, 0) is 50.8 Å². The summed E-state index contributed by atoms with van der Waals surface area (Å²) in [6.07, 6.45) is 2.49. The van der Waals surface area contributed by atoms with E-state index >= 15 is 0 Å². The predicted molar refractivity (Wildman–Crippen MR) is 79.0 cm³/mol. The monoisotopic (exact) mass is 274 g/mol. The van der Waals surface area contributed by atoms with Crippen LogP contribution < -0.4 is 16.0 Å². The molecule has 1 aromatic heterocycles. The highest BCUT2D eigenvalue weighted by atomic mass is 16.1. The Morgan fingerprint density at radius 2 is 2.25 bits per heavy atom. The first kappa shape index (κ1) is 13.4. The molecular formula is C15H22N4O. The van der Waals surface area contributed by atoms with Crippen molar-refractivity contribution < 1.29 is 4.79 Å². The summed E-state index contributed by atoms with van der Waals surface area (Å²) >= 11 is 0. The summed E-state index contributed by atoms with van der Waals surface area (Å²) in [6, 6.07) is 2.44. The van der Waals surface area contributed by atoms with E-state index in [9.17, 15) is 4.79 Å². The molecule has 1 aromatic rings. The van der Waals surface area contributed by atoms with Crippen molar-refractivity contribution in [3.05, 3.63) is 22.9 Å². The van der Waals surface area contributed by atoms with E-state index in [2.05, 4.69) is 15.2 Å². The zero-order valence-electron chi connectivity index (χ0n) is 12.1. The largest absolute Gasteiger partial charge is 0.365 e. The Balaban J connectivity index is 1.96. The minimum Gasteiger partial charge on any atom is -0.365 e. The number of aromatic nitrogens is 1. The van der Waals surface area contributed by atoms with Gasteiger partial charge in [0.15, 0.2) is 0 Å². The second-order valence-electron chi connectivity index (χ2n) is 6.01. The molecule has 2 saturated heterocycles. The van der Waals surface area contributed by atoms with Gasteiger partial charge in [0.05, 0.1) is 5.56 Å². The Labute approximate surface area is 119 Å². The van der Waals surface area contributed by atoms with Crippen LogP contribution in [0.1, 0.15) is 34.5 Å². The Morgan fingerprint density at radius 3 is 2.95 bits per heavy atom. The zero-order valence-corrected chi connectivity index (χ0v) is 12.1. The van der Waals surface area contributed by atoms with E-state index in [1.54, 1.807) is 0 Å². The molecular weight excluding hydrogens is 252 g/mol. The smallest absolute Gasteiger partial charge is 0.252 e. The Morgan fingerprint density at radius 1 is 1.45 bits per heavy atom. The number of piperidine rings is 1. The summed E-state index contributed by atoms with van der Waals surface area (Å²) in [4.78, 5) is 18.6. The van der Waals surface area contributed by atoms with Crippen molar-refractivity contribution in [2.24, 2.45) is 11.7 Å². The van der Waals surface area contributed by atoms with Crippen molar-refractivity contribution in [2.45, 2.75) is 32.7 Å². The van der Waals surface area contributed by atoms with Crippen LogP contribution in [0.2, 0.25) is 0 Å². The average Bonchev–Trinajstić information content (AvgIpc) is 2.80.